The predicted octanol–water partition coefficient (Wildman–Crippen LogP) is 6.30. The topological polar surface area (TPSA) is 75.9 Å². The van der Waals surface area contributed by atoms with E-state index < -0.39 is 23.5 Å². The van der Waals surface area contributed by atoms with Gasteiger partial charge in [-0.3, -0.25) is 4.79 Å². The molecule has 0 radical (unpaired) electrons. The summed E-state index contributed by atoms with van der Waals surface area (Å²) in [5.74, 6) is -1.53. The van der Waals surface area contributed by atoms with Crippen molar-refractivity contribution in [2.45, 2.75) is 70.4 Å². The quantitative estimate of drug-likeness (QED) is 0.282. The van der Waals surface area contributed by atoms with Gasteiger partial charge in [0.15, 0.2) is 5.78 Å². The minimum absolute atomic E-state index is 0.0649. The second-order valence-electron chi connectivity index (χ2n) is 11.5. The fourth-order valence-electron chi connectivity index (χ4n) is 5.86. The molecule has 0 bridgehead atoms. The molecule has 1 amide bonds. The summed E-state index contributed by atoms with van der Waals surface area (Å²) in [6.07, 6.45) is 16.3. The van der Waals surface area contributed by atoms with Gasteiger partial charge in [-0.25, -0.2) is 13.6 Å². The zero-order chi connectivity index (χ0) is 28.9. The molecule has 5 rings (SSSR count). The van der Waals surface area contributed by atoms with Crippen LogP contribution in [0.15, 0.2) is 59.5 Å². The summed E-state index contributed by atoms with van der Waals surface area (Å²) in [6, 6.07) is 1.41. The molecule has 2 heterocycles. The van der Waals surface area contributed by atoms with E-state index in [-0.39, 0.29) is 23.3 Å². The lowest BCUT2D eigenvalue weighted by molar-refractivity contribution is 0.0581. The normalized spacial score (nSPS) is 20.0. The molecule has 0 aromatic heterocycles. The number of amides is 1. The molecule has 2 N–H and O–H groups in total. The fraction of sp³-hybridized carbons (Fsp3) is 0.485. The maximum atomic E-state index is 15.3. The van der Waals surface area contributed by atoms with Crippen LogP contribution in [0.3, 0.4) is 0 Å². The van der Waals surface area contributed by atoms with Crippen molar-refractivity contribution in [2.24, 2.45) is 11.7 Å². The number of ketones is 1. The summed E-state index contributed by atoms with van der Waals surface area (Å²) in [7, 11) is 0. The van der Waals surface area contributed by atoms with Gasteiger partial charge >= 0.3 is 6.09 Å². The van der Waals surface area contributed by atoms with Gasteiger partial charge in [0.2, 0.25) is 0 Å². The van der Waals surface area contributed by atoms with Crippen molar-refractivity contribution in [3.05, 3.63) is 82.3 Å². The summed E-state index contributed by atoms with van der Waals surface area (Å²) in [4.78, 5) is 29.3. The fourth-order valence-corrected chi connectivity index (χ4v) is 5.86. The highest BCUT2D eigenvalue weighted by Crippen LogP contribution is 2.32. The van der Waals surface area contributed by atoms with E-state index in [0.29, 0.717) is 37.6 Å². The Balaban J connectivity index is 1.29. The molecule has 4 aliphatic rings. The molecule has 8 heteroatoms. The number of hydrogen-bond donors (Lipinski definition) is 1. The van der Waals surface area contributed by atoms with Gasteiger partial charge in [0.25, 0.3) is 0 Å². The van der Waals surface area contributed by atoms with E-state index in [1.807, 2.05) is 25.2 Å². The Morgan fingerprint density at radius 3 is 2.61 bits per heavy atom. The van der Waals surface area contributed by atoms with E-state index in [0.717, 1.165) is 68.5 Å². The van der Waals surface area contributed by atoms with Crippen molar-refractivity contribution in [3.8, 4) is 0 Å². The first-order valence-corrected chi connectivity index (χ1v) is 14.9. The van der Waals surface area contributed by atoms with E-state index >= 15 is 8.78 Å². The van der Waals surface area contributed by atoms with Gasteiger partial charge in [0.1, 0.15) is 11.6 Å². The summed E-state index contributed by atoms with van der Waals surface area (Å²) >= 11 is 0. The molecule has 6 nitrogen and oxygen atoms in total. The van der Waals surface area contributed by atoms with Crippen LogP contribution in [0, 0.1) is 17.6 Å². The number of unbranched alkanes of at least 4 members (excludes halogenated alkanes) is 1. The zero-order valence-corrected chi connectivity index (χ0v) is 23.7. The van der Waals surface area contributed by atoms with E-state index in [9.17, 15) is 9.59 Å². The highest BCUT2D eigenvalue weighted by atomic mass is 19.1. The van der Waals surface area contributed by atoms with Crippen molar-refractivity contribution < 1.29 is 23.1 Å². The molecule has 1 saturated heterocycles. The van der Waals surface area contributed by atoms with Gasteiger partial charge in [-0.2, -0.15) is 0 Å². The average molecular weight is 564 g/mol. The number of halogens is 2. The third-order valence-electron chi connectivity index (χ3n) is 8.64. The number of rotatable bonds is 9. The second kappa shape index (κ2) is 13.0. The highest BCUT2D eigenvalue weighted by molar-refractivity contribution is 6.00. The summed E-state index contributed by atoms with van der Waals surface area (Å²) in [6.45, 7) is 4.49. The number of carbonyl (C=O) groups excluding carboxylic acids is 2. The molecule has 1 aromatic carbocycles. The van der Waals surface area contributed by atoms with Crippen molar-refractivity contribution in [3.63, 3.8) is 0 Å². The Labute approximate surface area is 240 Å². The Kier molecular flexibility index (Phi) is 9.21. The van der Waals surface area contributed by atoms with Crippen LogP contribution in [0.5, 0.6) is 0 Å². The third-order valence-corrected chi connectivity index (χ3v) is 8.64. The SMILES string of the molecule is CCCCC(N)C(=O)c1cc(F)c(C2=CC3=C(C=C=C2)N(C2CCN(C(=O)OCC4CCC4)CC2)CC=C3)cc1F. The number of likely N-dealkylation sites (tertiary alicyclic amines) is 1. The first-order valence-electron chi connectivity index (χ1n) is 14.9. The van der Waals surface area contributed by atoms with Crippen LogP contribution < -0.4 is 5.73 Å². The number of ether oxygens (including phenoxy) is 1. The number of piperidine rings is 1. The standard InChI is InChI=1S/C33H39F2N3O3/c1-2-3-11-30(36)32(39)27-20-28(34)26(19-29(27)35)23-9-5-12-31-24(18-23)10-6-15-38(31)25-13-16-37(17-14-25)33(40)41-21-22-7-4-8-22/h6,9-10,12,18-20,22,25,30H,2-4,7-8,11,13-17,21,36H2,1H3. The number of allylic oxidation sites excluding steroid dienone is 5. The third kappa shape index (κ3) is 6.55. The number of nitrogens with two attached hydrogens (primary N) is 1. The molecular weight excluding hydrogens is 524 g/mol. The van der Waals surface area contributed by atoms with Crippen molar-refractivity contribution in [2.75, 3.05) is 26.2 Å². The van der Waals surface area contributed by atoms with Gasteiger partial charge in [0, 0.05) is 37.3 Å². The minimum atomic E-state index is -0.856. The lowest BCUT2D eigenvalue weighted by Crippen LogP contribution is -2.47. The summed E-state index contributed by atoms with van der Waals surface area (Å²) in [5, 5.41) is 0. The first kappa shape index (κ1) is 29.0. The first-order chi connectivity index (χ1) is 19.9. The van der Waals surface area contributed by atoms with E-state index in [2.05, 4.69) is 16.7 Å². The Bertz CT molecular complexity index is 1330. The lowest BCUT2D eigenvalue weighted by Gasteiger charge is -2.41. The molecule has 2 aliphatic heterocycles. The van der Waals surface area contributed by atoms with Crippen LogP contribution in [-0.4, -0.2) is 60.0 Å². The predicted molar refractivity (Wildman–Crippen MR) is 155 cm³/mol. The molecule has 2 aliphatic carbocycles. The zero-order valence-electron chi connectivity index (χ0n) is 23.7. The Morgan fingerprint density at radius 2 is 1.90 bits per heavy atom. The number of Topliss-reactive ketones (excluding diaryl/α,β-unsaturated/α-hetero) is 1. The number of carbonyl (C=O) groups is 2. The second-order valence-corrected chi connectivity index (χ2v) is 11.5. The van der Waals surface area contributed by atoms with Crippen LogP contribution >= 0.6 is 0 Å². The minimum Gasteiger partial charge on any atom is -0.449 e. The molecule has 218 valence electrons. The average Bonchev–Trinajstić information content (AvgIpc) is 3.18. The molecular formula is C33H39F2N3O3. The monoisotopic (exact) mass is 563 g/mol. The lowest BCUT2D eigenvalue weighted by atomic mass is 9.86. The van der Waals surface area contributed by atoms with Gasteiger partial charge in [-0.15, -0.1) is 5.73 Å². The summed E-state index contributed by atoms with van der Waals surface area (Å²) < 4.78 is 35.9. The van der Waals surface area contributed by atoms with E-state index in [1.54, 1.807) is 11.0 Å². The molecule has 41 heavy (non-hydrogen) atoms. The Hall–Kier alpha value is -3.48. The van der Waals surface area contributed by atoms with E-state index in [4.69, 9.17) is 10.5 Å². The molecule has 1 saturated carbocycles. The van der Waals surface area contributed by atoms with Crippen LogP contribution in [-0.2, 0) is 4.74 Å². The smallest absolute Gasteiger partial charge is 0.409 e. The van der Waals surface area contributed by atoms with Crippen LogP contribution in [0.1, 0.15) is 74.2 Å². The molecule has 0 spiro atoms. The van der Waals surface area contributed by atoms with Crippen LogP contribution in [0.25, 0.3) is 5.57 Å². The molecule has 2 fully saturated rings. The van der Waals surface area contributed by atoms with Crippen molar-refractivity contribution >= 4 is 17.4 Å². The van der Waals surface area contributed by atoms with Gasteiger partial charge < -0.3 is 20.3 Å². The van der Waals surface area contributed by atoms with Gasteiger partial charge in [-0.1, -0.05) is 38.3 Å². The van der Waals surface area contributed by atoms with Gasteiger partial charge in [-0.05, 0) is 73.5 Å². The maximum absolute atomic E-state index is 15.3. The maximum Gasteiger partial charge on any atom is 0.409 e. The molecule has 1 aromatic rings. The number of benzene rings is 1. The van der Waals surface area contributed by atoms with Crippen LogP contribution in [0.4, 0.5) is 13.6 Å². The van der Waals surface area contributed by atoms with Crippen molar-refractivity contribution in [1.82, 2.24) is 9.80 Å². The number of hydrogen-bond acceptors (Lipinski definition) is 5. The highest BCUT2D eigenvalue weighted by Gasteiger charge is 2.31. The molecule has 1 unspecified atom stereocenters. The van der Waals surface area contributed by atoms with Crippen molar-refractivity contribution in [1.29, 1.82) is 0 Å². The van der Waals surface area contributed by atoms with Gasteiger partial charge in [0.05, 0.1) is 23.9 Å². The molecule has 1 atom stereocenters. The van der Waals surface area contributed by atoms with E-state index in [1.165, 1.54) is 6.42 Å². The Morgan fingerprint density at radius 1 is 1.12 bits per heavy atom. The largest absolute Gasteiger partial charge is 0.449 e. The number of nitrogens with zero attached hydrogens (tertiary/aromatic N) is 2. The summed E-state index contributed by atoms with van der Waals surface area (Å²) in [5.41, 5.74) is 11.1. The van der Waals surface area contributed by atoms with Crippen LogP contribution in [0.2, 0.25) is 0 Å².